The molecule has 0 aromatic carbocycles. The van der Waals surface area contributed by atoms with Gasteiger partial charge in [0.25, 0.3) is 0 Å². The largest absolute Gasteiger partial charge is 0.469 e. The van der Waals surface area contributed by atoms with Gasteiger partial charge in [-0.15, -0.1) is 0 Å². The van der Waals surface area contributed by atoms with Crippen LogP contribution in [-0.4, -0.2) is 21.0 Å². The number of nitrogen functional groups attached to an aromatic ring is 1. The highest BCUT2D eigenvalue weighted by Crippen LogP contribution is 2.32. The lowest BCUT2D eigenvalue weighted by Crippen LogP contribution is -2.29. The zero-order valence-corrected chi connectivity index (χ0v) is 11.0. The Morgan fingerprint density at radius 2 is 2.21 bits per heavy atom. The van der Waals surface area contributed by atoms with Gasteiger partial charge in [-0.2, -0.15) is 5.10 Å². The molecular weight excluding hydrogens is 242 g/mol. The van der Waals surface area contributed by atoms with Crippen molar-refractivity contribution < 1.29 is 9.52 Å². The highest BCUT2D eigenvalue weighted by Gasteiger charge is 2.27. The van der Waals surface area contributed by atoms with Gasteiger partial charge >= 0.3 is 0 Å². The number of aromatic nitrogens is 2. The standard InChI is InChI=1S/C14H19N3O2/c1-9-10(6-7-19-9)11-8-14(15)17(16-11)12-4-2-3-5-13(12)18/h6-8,12-13,18H,2-5,15H2,1H3. The number of furan rings is 1. The molecule has 0 saturated heterocycles. The van der Waals surface area contributed by atoms with Gasteiger partial charge in [-0.05, 0) is 25.8 Å². The van der Waals surface area contributed by atoms with E-state index in [1.165, 1.54) is 0 Å². The van der Waals surface area contributed by atoms with E-state index >= 15 is 0 Å². The van der Waals surface area contributed by atoms with Crippen molar-refractivity contribution in [2.75, 3.05) is 5.73 Å². The van der Waals surface area contributed by atoms with E-state index in [0.717, 1.165) is 42.7 Å². The summed E-state index contributed by atoms with van der Waals surface area (Å²) in [5.41, 5.74) is 7.81. The van der Waals surface area contributed by atoms with Gasteiger partial charge in [0, 0.05) is 11.6 Å². The molecule has 5 heteroatoms. The maximum absolute atomic E-state index is 10.1. The summed E-state index contributed by atoms with van der Waals surface area (Å²) >= 11 is 0. The fraction of sp³-hybridized carbons (Fsp3) is 0.500. The second-order valence-electron chi connectivity index (χ2n) is 5.21. The van der Waals surface area contributed by atoms with Crippen LogP contribution in [0.4, 0.5) is 5.82 Å². The van der Waals surface area contributed by atoms with Crippen LogP contribution in [0.3, 0.4) is 0 Å². The molecule has 1 fully saturated rings. The van der Waals surface area contributed by atoms with Gasteiger partial charge in [-0.25, -0.2) is 4.68 Å². The van der Waals surface area contributed by atoms with Crippen LogP contribution in [0.25, 0.3) is 11.3 Å². The highest BCUT2D eigenvalue weighted by molar-refractivity contribution is 5.64. The Kier molecular flexibility index (Phi) is 3.06. The number of nitrogens with zero attached hydrogens (tertiary/aromatic N) is 2. The number of hydrogen-bond acceptors (Lipinski definition) is 4. The van der Waals surface area contributed by atoms with Gasteiger partial charge in [-0.3, -0.25) is 0 Å². The fourth-order valence-corrected chi connectivity index (χ4v) is 2.83. The van der Waals surface area contributed by atoms with E-state index in [1.54, 1.807) is 10.9 Å². The van der Waals surface area contributed by atoms with E-state index < -0.39 is 0 Å². The van der Waals surface area contributed by atoms with Crippen molar-refractivity contribution in [2.24, 2.45) is 0 Å². The molecule has 0 aliphatic heterocycles. The summed E-state index contributed by atoms with van der Waals surface area (Å²) < 4.78 is 7.06. The molecule has 102 valence electrons. The van der Waals surface area contributed by atoms with Gasteiger partial charge in [0.05, 0.1) is 24.1 Å². The second kappa shape index (κ2) is 4.74. The molecule has 1 aliphatic rings. The minimum absolute atomic E-state index is 0.00490. The Labute approximate surface area is 112 Å². The minimum atomic E-state index is -0.353. The lowest BCUT2D eigenvalue weighted by molar-refractivity contribution is 0.0707. The molecule has 2 aromatic rings. The van der Waals surface area contributed by atoms with Crippen molar-refractivity contribution in [2.45, 2.75) is 44.8 Å². The van der Waals surface area contributed by atoms with Crippen LogP contribution in [0.1, 0.15) is 37.5 Å². The fourth-order valence-electron chi connectivity index (χ4n) is 2.83. The van der Waals surface area contributed by atoms with Crippen molar-refractivity contribution in [3.8, 4) is 11.3 Å². The Morgan fingerprint density at radius 3 is 2.89 bits per heavy atom. The SMILES string of the molecule is Cc1occc1-c1cc(N)n(C2CCCCC2O)n1. The third kappa shape index (κ3) is 2.14. The monoisotopic (exact) mass is 261 g/mol. The molecule has 5 nitrogen and oxygen atoms in total. The molecule has 3 rings (SSSR count). The second-order valence-corrected chi connectivity index (χ2v) is 5.21. The quantitative estimate of drug-likeness (QED) is 0.870. The predicted molar refractivity (Wildman–Crippen MR) is 72.6 cm³/mol. The Morgan fingerprint density at radius 1 is 1.42 bits per heavy atom. The lowest BCUT2D eigenvalue weighted by Gasteiger charge is -2.28. The summed E-state index contributed by atoms with van der Waals surface area (Å²) in [5.74, 6) is 1.43. The number of rotatable bonds is 2. The van der Waals surface area contributed by atoms with Gasteiger partial charge < -0.3 is 15.3 Å². The lowest BCUT2D eigenvalue weighted by atomic mass is 9.93. The maximum Gasteiger partial charge on any atom is 0.122 e. The summed E-state index contributed by atoms with van der Waals surface area (Å²) in [6.07, 6.45) is 5.23. The van der Waals surface area contributed by atoms with E-state index in [0.29, 0.717) is 5.82 Å². The summed E-state index contributed by atoms with van der Waals surface area (Å²) in [5, 5.41) is 14.7. The summed E-state index contributed by atoms with van der Waals surface area (Å²) in [6.45, 7) is 1.90. The van der Waals surface area contributed by atoms with Crippen LogP contribution in [0, 0.1) is 6.92 Å². The first-order valence-corrected chi connectivity index (χ1v) is 6.74. The van der Waals surface area contributed by atoms with Crippen molar-refractivity contribution in [3.63, 3.8) is 0 Å². The van der Waals surface area contributed by atoms with Crippen molar-refractivity contribution in [1.82, 2.24) is 9.78 Å². The number of aryl methyl sites for hydroxylation is 1. The van der Waals surface area contributed by atoms with Crippen molar-refractivity contribution in [3.05, 3.63) is 24.2 Å². The molecule has 2 aromatic heterocycles. The van der Waals surface area contributed by atoms with Crippen LogP contribution >= 0.6 is 0 Å². The molecule has 0 amide bonds. The van der Waals surface area contributed by atoms with Gasteiger partial charge in [0.2, 0.25) is 0 Å². The molecule has 1 saturated carbocycles. The van der Waals surface area contributed by atoms with Gasteiger partial charge in [0.1, 0.15) is 11.6 Å². The van der Waals surface area contributed by atoms with Crippen LogP contribution in [0.15, 0.2) is 22.8 Å². The molecule has 19 heavy (non-hydrogen) atoms. The summed E-state index contributed by atoms with van der Waals surface area (Å²) in [4.78, 5) is 0. The molecule has 2 atom stereocenters. The zero-order chi connectivity index (χ0) is 13.4. The summed E-state index contributed by atoms with van der Waals surface area (Å²) in [7, 11) is 0. The maximum atomic E-state index is 10.1. The predicted octanol–water partition coefficient (Wildman–Crippen LogP) is 2.51. The number of nitrogens with two attached hydrogens (primary N) is 1. The van der Waals surface area contributed by atoms with Crippen LogP contribution in [-0.2, 0) is 0 Å². The van der Waals surface area contributed by atoms with Crippen LogP contribution in [0.5, 0.6) is 0 Å². The molecule has 3 N–H and O–H groups in total. The van der Waals surface area contributed by atoms with E-state index in [2.05, 4.69) is 5.10 Å². The van der Waals surface area contributed by atoms with E-state index in [1.807, 2.05) is 19.1 Å². The summed E-state index contributed by atoms with van der Waals surface area (Å²) in [6, 6.07) is 3.73. The molecular formula is C14H19N3O2. The van der Waals surface area contributed by atoms with Crippen molar-refractivity contribution in [1.29, 1.82) is 0 Å². The van der Waals surface area contributed by atoms with Gasteiger partial charge in [-0.1, -0.05) is 12.8 Å². The molecule has 0 radical (unpaired) electrons. The number of aliphatic hydroxyl groups is 1. The Balaban J connectivity index is 1.95. The van der Waals surface area contributed by atoms with Crippen LogP contribution in [0.2, 0.25) is 0 Å². The van der Waals surface area contributed by atoms with E-state index in [9.17, 15) is 5.11 Å². The number of hydrogen-bond donors (Lipinski definition) is 2. The average Bonchev–Trinajstić information content (AvgIpc) is 2.96. The molecule has 1 aliphatic carbocycles. The highest BCUT2D eigenvalue weighted by atomic mass is 16.3. The topological polar surface area (TPSA) is 77.2 Å². The smallest absolute Gasteiger partial charge is 0.122 e. The molecule has 2 heterocycles. The Hall–Kier alpha value is -1.75. The normalized spacial score (nSPS) is 23.7. The minimum Gasteiger partial charge on any atom is -0.469 e. The number of aliphatic hydroxyl groups excluding tert-OH is 1. The third-order valence-electron chi connectivity index (χ3n) is 3.91. The van der Waals surface area contributed by atoms with Crippen molar-refractivity contribution >= 4 is 5.82 Å². The van der Waals surface area contributed by atoms with Crippen LogP contribution < -0.4 is 5.73 Å². The number of anilines is 1. The van der Waals surface area contributed by atoms with Gasteiger partial charge in [0.15, 0.2) is 0 Å². The first-order chi connectivity index (χ1) is 9.16. The third-order valence-corrected chi connectivity index (χ3v) is 3.91. The average molecular weight is 261 g/mol. The van der Waals surface area contributed by atoms with E-state index in [4.69, 9.17) is 10.2 Å². The first kappa shape index (κ1) is 12.3. The molecule has 0 spiro atoms. The Bertz CT molecular complexity index is 573. The first-order valence-electron chi connectivity index (χ1n) is 6.74. The van der Waals surface area contributed by atoms with E-state index in [-0.39, 0.29) is 12.1 Å². The zero-order valence-electron chi connectivity index (χ0n) is 11.0. The molecule has 0 bridgehead atoms. The molecule has 2 unspecified atom stereocenters.